The molecule has 1 aliphatic rings. The topological polar surface area (TPSA) is 89.0 Å². The maximum Gasteiger partial charge on any atom is 0.301 e. The summed E-state index contributed by atoms with van der Waals surface area (Å²) in [5.74, 6) is -1.33. The van der Waals surface area contributed by atoms with Crippen LogP contribution in [0, 0.1) is 5.82 Å². The highest BCUT2D eigenvalue weighted by atomic mass is 32.1. The lowest BCUT2D eigenvalue weighted by molar-refractivity contribution is -0.132. The van der Waals surface area contributed by atoms with Crippen LogP contribution in [0.3, 0.4) is 0 Å². The summed E-state index contributed by atoms with van der Waals surface area (Å²) in [6.45, 7) is 0. The van der Waals surface area contributed by atoms with Gasteiger partial charge in [0.1, 0.15) is 23.1 Å². The van der Waals surface area contributed by atoms with Gasteiger partial charge in [-0.3, -0.25) is 14.5 Å². The number of rotatable bonds is 5. The first-order valence-electron chi connectivity index (χ1n) is 10.6. The molecule has 7 nitrogen and oxygen atoms in total. The number of ether oxygens (including phenoxy) is 2. The monoisotopic (exact) mass is 490 g/mol. The average Bonchev–Trinajstić information content (AvgIpc) is 3.41. The Morgan fingerprint density at radius 3 is 2.29 bits per heavy atom. The molecule has 5 rings (SSSR count). The highest BCUT2D eigenvalue weighted by Crippen LogP contribution is 2.44. The fourth-order valence-corrected chi connectivity index (χ4v) is 5.04. The van der Waals surface area contributed by atoms with E-state index in [9.17, 15) is 19.1 Å². The third-order valence-electron chi connectivity index (χ3n) is 5.78. The summed E-state index contributed by atoms with van der Waals surface area (Å²) in [6, 6.07) is 16.3. The van der Waals surface area contributed by atoms with Gasteiger partial charge in [-0.2, -0.15) is 0 Å². The first-order chi connectivity index (χ1) is 16.9. The van der Waals surface area contributed by atoms with E-state index in [4.69, 9.17) is 9.47 Å². The third kappa shape index (κ3) is 3.89. The van der Waals surface area contributed by atoms with Crippen molar-refractivity contribution in [3.63, 3.8) is 0 Å². The highest BCUT2D eigenvalue weighted by molar-refractivity contribution is 7.22. The fraction of sp³-hybridized carbons (Fsp3) is 0.115. The van der Waals surface area contributed by atoms with Crippen LogP contribution < -0.4 is 14.4 Å². The molecule has 9 heteroatoms. The molecular weight excluding hydrogens is 471 g/mol. The molecular formula is C26H19FN2O5S. The standard InChI is InChI=1S/C26H19FN2O5S/c1-33-17-9-5-14(6-10-17)22-21(23(30)15-3-7-16(27)8-4-15)24(31)25(32)29(22)26-28-19-12-11-18(34-2)13-20(19)35-26/h3-13,22,30H,1-2H3/t22-/m0/s1. The molecule has 4 aromatic rings. The second-order valence-corrected chi connectivity index (χ2v) is 8.79. The van der Waals surface area contributed by atoms with Gasteiger partial charge in [-0.1, -0.05) is 23.5 Å². The number of methoxy groups -OCH3 is 2. The first kappa shape index (κ1) is 22.5. The van der Waals surface area contributed by atoms with E-state index < -0.39 is 29.3 Å². The number of nitrogens with zero attached hydrogens (tertiary/aromatic N) is 2. The van der Waals surface area contributed by atoms with E-state index in [0.29, 0.717) is 27.7 Å². The van der Waals surface area contributed by atoms with E-state index >= 15 is 0 Å². The molecule has 176 valence electrons. The summed E-state index contributed by atoms with van der Waals surface area (Å²) in [6.07, 6.45) is 0. The number of ketones is 1. The van der Waals surface area contributed by atoms with E-state index in [0.717, 1.165) is 4.70 Å². The minimum Gasteiger partial charge on any atom is -0.507 e. The Kier molecular flexibility index (Phi) is 5.70. The maximum atomic E-state index is 13.5. The van der Waals surface area contributed by atoms with Crippen LogP contribution in [0.5, 0.6) is 11.5 Å². The van der Waals surface area contributed by atoms with Gasteiger partial charge in [0.15, 0.2) is 5.13 Å². The molecule has 1 aliphatic heterocycles. The molecule has 0 unspecified atom stereocenters. The summed E-state index contributed by atoms with van der Waals surface area (Å²) in [4.78, 5) is 32.4. The molecule has 1 atom stereocenters. The molecule has 1 saturated heterocycles. The van der Waals surface area contributed by atoms with Crippen LogP contribution in [0.4, 0.5) is 9.52 Å². The van der Waals surface area contributed by atoms with Gasteiger partial charge in [-0.05, 0) is 60.2 Å². The van der Waals surface area contributed by atoms with Crippen molar-refractivity contribution < 1.29 is 28.6 Å². The Morgan fingerprint density at radius 1 is 0.971 bits per heavy atom. The summed E-state index contributed by atoms with van der Waals surface area (Å²) < 4.78 is 24.7. The Labute approximate surface area is 203 Å². The van der Waals surface area contributed by atoms with Gasteiger partial charge in [0.2, 0.25) is 0 Å². The quantitative estimate of drug-likeness (QED) is 0.239. The number of amides is 1. The molecule has 1 aromatic heterocycles. The van der Waals surface area contributed by atoms with E-state index in [1.54, 1.807) is 49.6 Å². The second-order valence-electron chi connectivity index (χ2n) is 7.78. The smallest absolute Gasteiger partial charge is 0.301 e. The number of thiazole rings is 1. The molecule has 0 radical (unpaired) electrons. The average molecular weight is 491 g/mol. The van der Waals surface area contributed by atoms with Crippen LogP contribution >= 0.6 is 11.3 Å². The summed E-state index contributed by atoms with van der Waals surface area (Å²) in [7, 11) is 3.09. The summed E-state index contributed by atoms with van der Waals surface area (Å²) in [5, 5.41) is 11.4. The van der Waals surface area contributed by atoms with Crippen LogP contribution in [0.1, 0.15) is 17.2 Å². The first-order valence-corrected chi connectivity index (χ1v) is 11.4. The number of halogens is 1. The zero-order valence-corrected chi connectivity index (χ0v) is 19.5. The molecule has 35 heavy (non-hydrogen) atoms. The normalized spacial score (nSPS) is 17.2. The van der Waals surface area contributed by atoms with E-state index in [-0.39, 0.29) is 11.1 Å². The molecule has 0 spiro atoms. The van der Waals surface area contributed by atoms with Crippen LogP contribution in [-0.2, 0) is 9.59 Å². The van der Waals surface area contributed by atoms with Crippen LogP contribution in [0.15, 0.2) is 72.3 Å². The predicted molar refractivity (Wildman–Crippen MR) is 130 cm³/mol. The van der Waals surface area contributed by atoms with Gasteiger partial charge in [0.05, 0.1) is 36.1 Å². The van der Waals surface area contributed by atoms with Crippen LogP contribution in [0.25, 0.3) is 16.0 Å². The Hall–Kier alpha value is -4.24. The zero-order chi connectivity index (χ0) is 24.7. The fourth-order valence-electron chi connectivity index (χ4n) is 4.02. The molecule has 2 heterocycles. The predicted octanol–water partition coefficient (Wildman–Crippen LogP) is 5.08. The third-order valence-corrected chi connectivity index (χ3v) is 6.80. The molecule has 0 bridgehead atoms. The van der Waals surface area contributed by atoms with Gasteiger partial charge in [0, 0.05) is 5.56 Å². The number of carbonyl (C=O) groups excluding carboxylic acids is 2. The number of benzene rings is 3. The van der Waals surface area contributed by atoms with Gasteiger partial charge in [0.25, 0.3) is 5.78 Å². The number of aliphatic hydroxyl groups is 1. The molecule has 1 fully saturated rings. The molecule has 0 saturated carbocycles. The van der Waals surface area contributed by atoms with Gasteiger partial charge < -0.3 is 14.6 Å². The molecule has 1 N–H and O–H groups in total. The van der Waals surface area contributed by atoms with Gasteiger partial charge >= 0.3 is 5.91 Å². The van der Waals surface area contributed by atoms with E-state index in [1.165, 1.54) is 47.6 Å². The summed E-state index contributed by atoms with van der Waals surface area (Å²) >= 11 is 1.23. The lowest BCUT2D eigenvalue weighted by Crippen LogP contribution is -2.29. The van der Waals surface area contributed by atoms with E-state index in [2.05, 4.69) is 4.98 Å². The van der Waals surface area contributed by atoms with Crippen molar-refractivity contribution in [1.82, 2.24) is 4.98 Å². The largest absolute Gasteiger partial charge is 0.507 e. The number of fused-ring (bicyclic) bond motifs is 1. The minimum atomic E-state index is -0.951. The Bertz CT molecular complexity index is 1480. The van der Waals surface area contributed by atoms with Crippen molar-refractivity contribution in [3.05, 3.63) is 89.2 Å². The van der Waals surface area contributed by atoms with Crippen molar-refractivity contribution in [3.8, 4) is 11.5 Å². The lowest BCUT2D eigenvalue weighted by Gasteiger charge is -2.23. The van der Waals surface area contributed by atoms with Gasteiger partial charge in [-0.25, -0.2) is 9.37 Å². The number of carbonyl (C=O) groups is 2. The number of hydrogen-bond donors (Lipinski definition) is 1. The SMILES string of the molecule is COc1ccc([C@H]2C(=C(O)c3ccc(F)cc3)C(=O)C(=O)N2c2nc3ccc(OC)cc3s2)cc1. The van der Waals surface area contributed by atoms with Crippen molar-refractivity contribution in [1.29, 1.82) is 0 Å². The van der Waals surface area contributed by atoms with Crippen molar-refractivity contribution in [2.75, 3.05) is 19.1 Å². The Morgan fingerprint density at radius 2 is 1.63 bits per heavy atom. The molecule has 3 aromatic carbocycles. The Balaban J connectivity index is 1.70. The van der Waals surface area contributed by atoms with Crippen LogP contribution in [-0.4, -0.2) is 36.0 Å². The lowest BCUT2D eigenvalue weighted by atomic mass is 9.95. The maximum absolute atomic E-state index is 13.5. The molecule has 0 aliphatic carbocycles. The van der Waals surface area contributed by atoms with Crippen molar-refractivity contribution >= 4 is 44.1 Å². The highest BCUT2D eigenvalue weighted by Gasteiger charge is 2.48. The minimum absolute atomic E-state index is 0.108. The van der Waals surface area contributed by atoms with E-state index in [1.807, 2.05) is 0 Å². The van der Waals surface area contributed by atoms with Crippen molar-refractivity contribution in [2.24, 2.45) is 0 Å². The number of hydrogen-bond acceptors (Lipinski definition) is 7. The number of Topliss-reactive ketones (excluding diaryl/α,β-unsaturated/α-hetero) is 1. The number of anilines is 1. The zero-order valence-electron chi connectivity index (χ0n) is 18.7. The second kappa shape index (κ2) is 8.84. The van der Waals surface area contributed by atoms with Crippen molar-refractivity contribution in [2.45, 2.75) is 6.04 Å². The van der Waals surface area contributed by atoms with Crippen LogP contribution in [0.2, 0.25) is 0 Å². The number of aromatic nitrogens is 1. The molecule has 1 amide bonds. The van der Waals surface area contributed by atoms with Gasteiger partial charge in [-0.15, -0.1) is 0 Å². The number of aliphatic hydroxyl groups excluding tert-OH is 1. The summed E-state index contributed by atoms with van der Waals surface area (Å²) in [5.41, 5.74) is 1.32.